The summed E-state index contributed by atoms with van der Waals surface area (Å²) in [7, 11) is 1.73. The van der Waals surface area contributed by atoms with Crippen LogP contribution in [0, 0.1) is 0 Å². The zero-order valence-corrected chi connectivity index (χ0v) is 12.7. The van der Waals surface area contributed by atoms with E-state index in [0.29, 0.717) is 5.69 Å². The maximum Gasteiger partial charge on any atom is 0.272 e. The van der Waals surface area contributed by atoms with Crippen LogP contribution in [0.1, 0.15) is 28.9 Å². The van der Waals surface area contributed by atoms with Gasteiger partial charge >= 0.3 is 0 Å². The van der Waals surface area contributed by atoms with Crippen molar-refractivity contribution in [3.8, 4) is 0 Å². The minimum atomic E-state index is 0.000168. The molecular weight excluding hydrogens is 278 g/mol. The molecule has 1 aliphatic heterocycles. The number of rotatable bonds is 4. The molecule has 1 amide bonds. The fraction of sp³-hybridized carbons (Fsp3) is 0.412. The van der Waals surface area contributed by atoms with Crippen LogP contribution in [-0.4, -0.2) is 46.8 Å². The van der Waals surface area contributed by atoms with E-state index < -0.39 is 0 Å². The Morgan fingerprint density at radius 2 is 2.18 bits per heavy atom. The van der Waals surface area contributed by atoms with Crippen molar-refractivity contribution in [3.63, 3.8) is 0 Å². The van der Waals surface area contributed by atoms with Crippen molar-refractivity contribution in [2.24, 2.45) is 0 Å². The van der Waals surface area contributed by atoms with Crippen molar-refractivity contribution >= 4 is 5.91 Å². The monoisotopic (exact) mass is 299 g/mol. The van der Waals surface area contributed by atoms with Gasteiger partial charge in [0.25, 0.3) is 5.91 Å². The van der Waals surface area contributed by atoms with Crippen LogP contribution in [0.4, 0.5) is 0 Å². The normalized spacial score (nSPS) is 21.8. The van der Waals surface area contributed by atoms with Gasteiger partial charge in [-0.3, -0.25) is 9.89 Å². The number of carbonyl (C=O) groups excluding carboxylic acids is 1. The standard InChI is InChI=1S/C17H21N3O2/c1-22-16-8-5-11-20(17(21)14-9-10-18-19-14)15(16)12-13-6-3-2-4-7-13/h2-4,6-7,9-10,15-16H,5,8,11-12H2,1H3,(H,18,19)/t15-,16-/m0/s1. The summed E-state index contributed by atoms with van der Waals surface area (Å²) in [6.07, 6.45) is 4.43. The third-order valence-corrected chi connectivity index (χ3v) is 4.30. The molecule has 1 aromatic carbocycles. The summed E-state index contributed by atoms with van der Waals surface area (Å²) < 4.78 is 5.65. The van der Waals surface area contributed by atoms with Gasteiger partial charge in [-0.1, -0.05) is 30.3 Å². The Kier molecular flexibility index (Phi) is 4.53. The lowest BCUT2D eigenvalue weighted by atomic mass is 9.92. The summed E-state index contributed by atoms with van der Waals surface area (Å²) in [5.41, 5.74) is 1.76. The molecule has 0 bridgehead atoms. The summed E-state index contributed by atoms with van der Waals surface area (Å²) in [6.45, 7) is 0.759. The molecule has 2 atom stereocenters. The zero-order chi connectivity index (χ0) is 15.4. The molecule has 0 saturated carbocycles. The van der Waals surface area contributed by atoms with Crippen LogP contribution in [-0.2, 0) is 11.2 Å². The number of aromatic nitrogens is 2. The number of benzene rings is 1. The number of aromatic amines is 1. The first-order chi connectivity index (χ1) is 10.8. The number of carbonyl (C=O) groups is 1. The van der Waals surface area contributed by atoms with E-state index in [1.807, 2.05) is 23.1 Å². The first-order valence-electron chi connectivity index (χ1n) is 7.66. The lowest BCUT2D eigenvalue weighted by Gasteiger charge is -2.40. The van der Waals surface area contributed by atoms with Gasteiger partial charge in [0, 0.05) is 19.9 Å². The van der Waals surface area contributed by atoms with Gasteiger partial charge in [-0.2, -0.15) is 5.10 Å². The Hall–Kier alpha value is -2.14. The van der Waals surface area contributed by atoms with Gasteiger partial charge in [0.2, 0.25) is 0 Å². The molecule has 5 nitrogen and oxygen atoms in total. The van der Waals surface area contributed by atoms with E-state index in [1.54, 1.807) is 19.4 Å². The molecule has 5 heteroatoms. The fourth-order valence-electron chi connectivity index (χ4n) is 3.18. The molecule has 2 heterocycles. The van der Waals surface area contributed by atoms with E-state index in [4.69, 9.17) is 4.74 Å². The van der Waals surface area contributed by atoms with E-state index in [2.05, 4.69) is 22.3 Å². The maximum atomic E-state index is 12.7. The SMILES string of the molecule is CO[C@H]1CCCN(C(=O)c2ccn[nH]2)[C@H]1Cc1ccccc1. The molecule has 1 saturated heterocycles. The molecular formula is C17H21N3O2. The van der Waals surface area contributed by atoms with Gasteiger partial charge in [-0.15, -0.1) is 0 Å². The quantitative estimate of drug-likeness (QED) is 0.942. The van der Waals surface area contributed by atoms with Crippen LogP contribution in [0.2, 0.25) is 0 Å². The van der Waals surface area contributed by atoms with E-state index in [0.717, 1.165) is 25.8 Å². The molecule has 1 N–H and O–H groups in total. The van der Waals surface area contributed by atoms with Crippen molar-refractivity contribution in [2.75, 3.05) is 13.7 Å². The van der Waals surface area contributed by atoms with Gasteiger partial charge in [-0.25, -0.2) is 0 Å². The van der Waals surface area contributed by atoms with Crippen molar-refractivity contribution in [1.82, 2.24) is 15.1 Å². The molecule has 116 valence electrons. The number of piperidine rings is 1. The van der Waals surface area contributed by atoms with Gasteiger partial charge in [0.1, 0.15) is 5.69 Å². The summed E-state index contributed by atoms with van der Waals surface area (Å²) in [4.78, 5) is 14.7. The highest BCUT2D eigenvalue weighted by Gasteiger charge is 2.35. The number of H-pyrrole nitrogens is 1. The third-order valence-electron chi connectivity index (χ3n) is 4.30. The summed E-state index contributed by atoms with van der Waals surface area (Å²) in [6, 6.07) is 12.0. The van der Waals surface area contributed by atoms with Gasteiger partial charge in [0.15, 0.2) is 0 Å². The Bertz CT molecular complexity index is 598. The molecule has 0 aliphatic carbocycles. The summed E-state index contributed by atoms with van der Waals surface area (Å²) in [5, 5.41) is 6.65. The lowest BCUT2D eigenvalue weighted by molar-refractivity contribution is -0.0120. The molecule has 22 heavy (non-hydrogen) atoms. The number of nitrogens with one attached hydrogen (secondary N) is 1. The first kappa shape index (κ1) is 14.8. The fourth-order valence-corrected chi connectivity index (χ4v) is 3.18. The van der Waals surface area contributed by atoms with Gasteiger partial charge in [0.05, 0.1) is 12.1 Å². The minimum Gasteiger partial charge on any atom is -0.379 e. The van der Waals surface area contributed by atoms with Crippen molar-refractivity contribution < 1.29 is 9.53 Å². The zero-order valence-electron chi connectivity index (χ0n) is 12.7. The second-order valence-electron chi connectivity index (χ2n) is 5.64. The molecule has 2 aromatic rings. The second-order valence-corrected chi connectivity index (χ2v) is 5.64. The number of methoxy groups -OCH3 is 1. The average Bonchev–Trinajstić information content (AvgIpc) is 3.10. The topological polar surface area (TPSA) is 58.2 Å². The van der Waals surface area contributed by atoms with Crippen LogP contribution in [0.5, 0.6) is 0 Å². The van der Waals surface area contributed by atoms with E-state index >= 15 is 0 Å². The largest absolute Gasteiger partial charge is 0.379 e. The number of amides is 1. The second kappa shape index (κ2) is 6.75. The van der Waals surface area contributed by atoms with E-state index in [9.17, 15) is 4.79 Å². The Balaban J connectivity index is 1.84. The molecule has 1 aliphatic rings. The Morgan fingerprint density at radius 3 is 2.86 bits per heavy atom. The molecule has 0 spiro atoms. The molecule has 3 rings (SSSR count). The van der Waals surface area contributed by atoms with Crippen molar-refractivity contribution in [3.05, 3.63) is 53.9 Å². The highest BCUT2D eigenvalue weighted by molar-refractivity contribution is 5.92. The number of nitrogens with zero attached hydrogens (tertiary/aromatic N) is 2. The number of hydrogen-bond acceptors (Lipinski definition) is 3. The summed E-state index contributed by atoms with van der Waals surface area (Å²) >= 11 is 0. The van der Waals surface area contributed by atoms with Crippen LogP contribution in [0.25, 0.3) is 0 Å². The van der Waals surface area contributed by atoms with Gasteiger partial charge < -0.3 is 9.64 Å². The predicted molar refractivity (Wildman–Crippen MR) is 83.6 cm³/mol. The molecule has 1 fully saturated rings. The average molecular weight is 299 g/mol. The molecule has 0 radical (unpaired) electrons. The lowest BCUT2D eigenvalue weighted by Crippen LogP contribution is -2.52. The Morgan fingerprint density at radius 1 is 1.36 bits per heavy atom. The number of likely N-dealkylation sites (tertiary alicyclic amines) is 1. The highest BCUT2D eigenvalue weighted by Crippen LogP contribution is 2.24. The van der Waals surface area contributed by atoms with Crippen molar-refractivity contribution in [1.29, 1.82) is 0 Å². The van der Waals surface area contributed by atoms with E-state index in [-0.39, 0.29) is 18.1 Å². The van der Waals surface area contributed by atoms with E-state index in [1.165, 1.54) is 5.56 Å². The number of hydrogen-bond donors (Lipinski definition) is 1. The van der Waals surface area contributed by atoms with Crippen molar-refractivity contribution in [2.45, 2.75) is 31.4 Å². The van der Waals surface area contributed by atoms with Gasteiger partial charge in [-0.05, 0) is 30.9 Å². The summed E-state index contributed by atoms with van der Waals surface area (Å²) in [5.74, 6) is 0.000168. The number of ether oxygens (including phenoxy) is 1. The highest BCUT2D eigenvalue weighted by atomic mass is 16.5. The predicted octanol–water partition coefficient (Wildman–Crippen LogP) is 2.27. The minimum absolute atomic E-state index is 0.000168. The smallest absolute Gasteiger partial charge is 0.272 e. The molecule has 1 aromatic heterocycles. The molecule has 0 unspecified atom stereocenters. The van der Waals surface area contributed by atoms with Crippen LogP contribution in [0.3, 0.4) is 0 Å². The third kappa shape index (κ3) is 3.04. The van der Waals surface area contributed by atoms with Crippen LogP contribution < -0.4 is 0 Å². The Labute approximate surface area is 130 Å². The first-order valence-corrected chi connectivity index (χ1v) is 7.66. The maximum absolute atomic E-state index is 12.7. The van der Waals surface area contributed by atoms with Crippen LogP contribution >= 0.6 is 0 Å². The van der Waals surface area contributed by atoms with Crippen LogP contribution in [0.15, 0.2) is 42.6 Å².